The van der Waals surface area contributed by atoms with Gasteiger partial charge in [-0.3, -0.25) is 9.52 Å². The lowest BCUT2D eigenvalue weighted by molar-refractivity contribution is -0.673. The molecule has 2 aromatic carbocycles. The second kappa shape index (κ2) is 8.29. The standard InChI is InChI=1S/C18H18N4O6S/c1-27-14-6-4-13(5-7-14)22-16(18(24)28-21-22)17(23)20-11-10-12-2-8-15(9-3-12)29(19,25)26/h2-9H,10-11H2,1H3,(H3-,19,20,21,23,24,25,26). The minimum atomic E-state index is -3.76. The zero-order valence-electron chi connectivity index (χ0n) is 15.4. The largest absolute Gasteiger partial charge is 0.854 e. The molecule has 10 nitrogen and oxygen atoms in total. The van der Waals surface area contributed by atoms with Crippen LogP contribution in [0.5, 0.6) is 5.75 Å². The Bertz CT molecular complexity index is 1180. The van der Waals surface area contributed by atoms with Gasteiger partial charge < -0.3 is 9.84 Å². The lowest BCUT2D eigenvalue weighted by Gasteiger charge is -2.05. The van der Waals surface area contributed by atoms with Gasteiger partial charge in [-0.05, 0) is 46.2 Å². The Morgan fingerprint density at radius 1 is 1.21 bits per heavy atom. The fourth-order valence-corrected chi connectivity index (χ4v) is 3.09. The average Bonchev–Trinajstić information content (AvgIpc) is 3.09. The number of benzene rings is 2. The maximum Gasteiger partial charge on any atom is 0.436 e. The predicted molar refractivity (Wildman–Crippen MR) is 100 cm³/mol. The number of aromatic nitrogens is 2. The summed E-state index contributed by atoms with van der Waals surface area (Å²) in [5.74, 6) is -0.122. The van der Waals surface area contributed by atoms with Crippen LogP contribution < -0.4 is 25.3 Å². The van der Waals surface area contributed by atoms with Crippen molar-refractivity contribution in [2.24, 2.45) is 10.1 Å². The van der Waals surface area contributed by atoms with Gasteiger partial charge in [0.1, 0.15) is 5.75 Å². The summed E-state index contributed by atoms with van der Waals surface area (Å²) < 4.78 is 33.5. The number of aromatic amines is 1. The van der Waals surface area contributed by atoms with Crippen LogP contribution in [0, 0.1) is 0 Å². The van der Waals surface area contributed by atoms with E-state index in [1.165, 1.54) is 23.9 Å². The summed E-state index contributed by atoms with van der Waals surface area (Å²) in [6, 6.07) is 12.6. The summed E-state index contributed by atoms with van der Waals surface area (Å²) in [5, 5.41) is 19.9. The van der Waals surface area contributed by atoms with E-state index in [0.717, 1.165) is 5.56 Å². The fraction of sp³-hybridized carbons (Fsp3) is 0.167. The third-order valence-electron chi connectivity index (χ3n) is 4.09. The minimum absolute atomic E-state index is 0.000250. The lowest BCUT2D eigenvalue weighted by atomic mass is 10.1. The smallest absolute Gasteiger partial charge is 0.436 e. The Morgan fingerprint density at radius 2 is 1.86 bits per heavy atom. The zero-order chi connectivity index (χ0) is 21.0. The molecule has 0 saturated carbocycles. The van der Waals surface area contributed by atoms with Crippen LogP contribution in [-0.2, 0) is 16.4 Å². The molecule has 0 atom stereocenters. The predicted octanol–water partition coefficient (Wildman–Crippen LogP) is -0.750. The van der Waals surface area contributed by atoms with E-state index in [-0.39, 0.29) is 17.1 Å². The van der Waals surface area contributed by atoms with Gasteiger partial charge in [0.2, 0.25) is 15.7 Å². The van der Waals surface area contributed by atoms with Crippen molar-refractivity contribution in [2.45, 2.75) is 11.3 Å². The Balaban J connectivity index is 1.76. The summed E-state index contributed by atoms with van der Waals surface area (Å²) in [4.78, 5) is 15.9. The summed E-state index contributed by atoms with van der Waals surface area (Å²) in [6.07, 6.45) is 0.370. The first-order chi connectivity index (χ1) is 13.8. The Morgan fingerprint density at radius 3 is 2.45 bits per heavy atom. The van der Waals surface area contributed by atoms with E-state index in [1.54, 1.807) is 36.4 Å². The maximum absolute atomic E-state index is 12.4. The molecule has 1 heterocycles. The molecule has 3 rings (SSSR count). The van der Waals surface area contributed by atoms with E-state index < -0.39 is 21.5 Å². The molecule has 0 radical (unpaired) electrons. The summed E-state index contributed by atoms with van der Waals surface area (Å²) in [7, 11) is -2.23. The van der Waals surface area contributed by atoms with Crippen molar-refractivity contribution >= 4 is 15.9 Å². The van der Waals surface area contributed by atoms with Crippen LogP contribution in [0.25, 0.3) is 5.69 Å². The van der Waals surface area contributed by atoms with E-state index in [0.29, 0.717) is 17.9 Å². The van der Waals surface area contributed by atoms with Gasteiger partial charge in [0.15, 0.2) is 0 Å². The van der Waals surface area contributed by atoms with Crippen molar-refractivity contribution in [3.8, 4) is 11.4 Å². The van der Waals surface area contributed by atoms with Crippen molar-refractivity contribution in [3.63, 3.8) is 0 Å². The average molecular weight is 418 g/mol. The Kier molecular flexibility index (Phi) is 5.80. The number of ether oxygens (including phenoxy) is 1. The molecule has 1 aromatic heterocycles. The van der Waals surface area contributed by atoms with Crippen molar-refractivity contribution in [3.05, 3.63) is 70.2 Å². The molecule has 3 aromatic rings. The highest BCUT2D eigenvalue weighted by atomic mass is 32.2. The molecule has 3 N–H and O–H groups in total. The number of hydrogen-bond donors (Lipinski definition) is 2. The normalized spacial score (nSPS) is 12.1. The van der Waals surface area contributed by atoms with Crippen LogP contribution in [0.1, 0.15) is 11.3 Å². The van der Waals surface area contributed by atoms with Crippen molar-refractivity contribution in [2.75, 3.05) is 13.7 Å². The van der Waals surface area contributed by atoms with E-state index >= 15 is 0 Å². The topological polar surface area (TPSA) is 155 Å². The molecule has 152 valence electrons. The highest BCUT2D eigenvalue weighted by molar-refractivity contribution is 7.89. The van der Waals surface area contributed by atoms with Gasteiger partial charge in [-0.15, -0.1) is 0 Å². The first kappa shape index (κ1) is 20.3. The van der Waals surface area contributed by atoms with Crippen molar-refractivity contribution in [1.82, 2.24) is 5.27 Å². The molecular weight excluding hydrogens is 400 g/mol. The number of nitrogens with zero attached hydrogens (tertiary/aromatic N) is 2. The number of nitrogens with two attached hydrogens (primary N) is 1. The Hall–Kier alpha value is -3.44. The van der Waals surface area contributed by atoms with E-state index in [9.17, 15) is 18.3 Å². The Labute approximate surface area is 165 Å². The third kappa shape index (κ3) is 4.70. The number of primary sulfonamides is 1. The van der Waals surface area contributed by atoms with Crippen LogP contribution >= 0.6 is 0 Å². The highest BCUT2D eigenvalue weighted by Crippen LogP contribution is 2.11. The van der Waals surface area contributed by atoms with Gasteiger partial charge in [0.25, 0.3) is 0 Å². The number of sulfonamides is 1. The highest BCUT2D eigenvalue weighted by Gasteiger charge is 2.23. The summed E-state index contributed by atoms with van der Waals surface area (Å²) in [6.45, 7) is 0.0980. The number of nitrogens with one attached hydrogen (secondary N) is 1. The molecule has 0 aliphatic carbocycles. The van der Waals surface area contributed by atoms with Gasteiger partial charge in [-0.2, -0.15) is 0 Å². The molecule has 0 saturated heterocycles. The first-order valence-corrected chi connectivity index (χ1v) is 9.96. The monoisotopic (exact) mass is 418 g/mol. The van der Waals surface area contributed by atoms with Crippen LogP contribution in [0.15, 0.2) is 67.7 Å². The number of rotatable bonds is 7. The molecule has 0 amide bonds. The number of aliphatic imine (C=N–C) groups is 1. The van der Waals surface area contributed by atoms with Crippen LogP contribution in [0.4, 0.5) is 0 Å². The maximum atomic E-state index is 12.4. The quantitative estimate of drug-likeness (QED) is 0.292. The molecule has 0 aliphatic rings. The van der Waals surface area contributed by atoms with Gasteiger partial charge in [-0.1, -0.05) is 12.1 Å². The minimum Gasteiger partial charge on any atom is -0.854 e. The summed E-state index contributed by atoms with van der Waals surface area (Å²) >= 11 is 0. The number of H-pyrrole nitrogens is 1. The molecule has 11 heteroatoms. The van der Waals surface area contributed by atoms with Crippen molar-refractivity contribution < 1.29 is 27.5 Å². The first-order valence-electron chi connectivity index (χ1n) is 8.41. The third-order valence-corrected chi connectivity index (χ3v) is 5.02. The molecule has 29 heavy (non-hydrogen) atoms. The summed E-state index contributed by atoms with van der Waals surface area (Å²) in [5.41, 5.74) is 0.152. The van der Waals surface area contributed by atoms with E-state index in [1.807, 2.05) is 0 Å². The van der Waals surface area contributed by atoms with E-state index in [4.69, 9.17) is 14.4 Å². The van der Waals surface area contributed by atoms with Gasteiger partial charge in [-0.25, -0.2) is 18.4 Å². The second-order valence-electron chi connectivity index (χ2n) is 5.99. The number of hydrogen-bond acceptors (Lipinski definition) is 7. The molecule has 0 bridgehead atoms. The van der Waals surface area contributed by atoms with Crippen LogP contribution in [0.2, 0.25) is 0 Å². The van der Waals surface area contributed by atoms with Crippen LogP contribution in [-0.4, -0.2) is 33.2 Å². The molecule has 0 unspecified atom stereocenters. The molecule has 0 fully saturated rings. The fourth-order valence-electron chi connectivity index (χ4n) is 2.58. The van der Waals surface area contributed by atoms with Gasteiger partial charge in [0, 0.05) is 18.7 Å². The second-order valence-corrected chi connectivity index (χ2v) is 7.55. The number of methoxy groups -OCH3 is 1. The van der Waals surface area contributed by atoms with Gasteiger partial charge in [0.05, 0.1) is 17.9 Å². The molecule has 0 spiro atoms. The SMILES string of the molecule is COc1ccc(-[n+]2[nH]oc(=O)c2C([O-])=NCCc2ccc(S(N)(=O)=O)cc2)cc1. The van der Waals surface area contributed by atoms with Crippen molar-refractivity contribution in [1.29, 1.82) is 0 Å². The zero-order valence-corrected chi connectivity index (χ0v) is 16.2. The van der Waals surface area contributed by atoms with Crippen LogP contribution in [0.3, 0.4) is 0 Å². The van der Waals surface area contributed by atoms with E-state index in [2.05, 4.69) is 10.3 Å². The molecular formula is C18H18N4O6S. The molecule has 0 aliphatic heterocycles. The lowest BCUT2D eigenvalue weighted by Crippen LogP contribution is -2.44. The van der Waals surface area contributed by atoms with Gasteiger partial charge >= 0.3 is 11.3 Å².